The molecule has 1 atom stereocenters. The highest BCUT2D eigenvalue weighted by molar-refractivity contribution is 6.04. The lowest BCUT2D eigenvalue weighted by atomic mass is 10.1. The zero-order valence-corrected chi connectivity index (χ0v) is 23.8. The molecule has 0 saturated carbocycles. The first kappa shape index (κ1) is 30.7. The van der Waals surface area contributed by atoms with E-state index in [1.54, 1.807) is 20.8 Å². The van der Waals surface area contributed by atoms with Crippen molar-refractivity contribution < 1.29 is 37.0 Å². The van der Waals surface area contributed by atoms with E-state index in [9.17, 15) is 27.6 Å². The third-order valence-electron chi connectivity index (χ3n) is 6.47. The first-order valence-corrected chi connectivity index (χ1v) is 13.4. The Balaban J connectivity index is 1.33. The molecule has 0 radical (unpaired) electrons. The third kappa shape index (κ3) is 8.62. The van der Waals surface area contributed by atoms with Crippen LogP contribution in [0, 0.1) is 6.92 Å². The molecule has 1 fully saturated rings. The molecule has 10 nitrogen and oxygen atoms in total. The maximum Gasteiger partial charge on any atom is 0.573 e. The van der Waals surface area contributed by atoms with Crippen LogP contribution in [0.15, 0.2) is 42.6 Å². The predicted molar refractivity (Wildman–Crippen MR) is 150 cm³/mol. The minimum absolute atomic E-state index is 0.115. The Labute approximate surface area is 240 Å². The lowest BCUT2D eigenvalue weighted by molar-refractivity contribution is -0.274. The van der Waals surface area contributed by atoms with Crippen LogP contribution in [0.1, 0.15) is 48.7 Å². The summed E-state index contributed by atoms with van der Waals surface area (Å²) in [6, 6.07) is 8.99. The van der Waals surface area contributed by atoms with E-state index in [0.29, 0.717) is 6.54 Å². The van der Waals surface area contributed by atoms with Gasteiger partial charge in [0.05, 0.1) is 17.8 Å². The van der Waals surface area contributed by atoms with Crippen LogP contribution < -0.4 is 20.7 Å². The molecule has 0 bridgehead atoms. The van der Waals surface area contributed by atoms with Crippen molar-refractivity contribution in [1.29, 1.82) is 0 Å². The Morgan fingerprint density at radius 3 is 2.57 bits per heavy atom. The number of anilines is 1. The summed E-state index contributed by atoms with van der Waals surface area (Å²) in [5.41, 5.74) is 2.10. The molecule has 3 aromatic rings. The number of aryl methyl sites for hydroxylation is 1. The number of nitrogens with one attached hydrogen (secondary N) is 4. The number of aromatic amines is 1. The SMILES string of the molecule is Cc1ccc2c(CN3CCC(NC(=O)CNC(=O)c4cc(OC(F)(F)F)ccc4NC(=O)OC(C)(C)C)C3)c[nH]c2c1. The van der Waals surface area contributed by atoms with E-state index in [4.69, 9.17) is 4.74 Å². The standard InChI is InChI=1S/C29H34F3N5O5/c1-17-5-7-21-18(13-33-24(21)11-17)15-37-10-9-19(16-37)35-25(38)14-34-26(39)22-12-20(41-29(30,31)32)6-8-23(22)36-27(40)42-28(2,3)4/h5-8,11-13,19,33H,9-10,14-16H2,1-4H3,(H,34,39)(H,35,38)(H,36,40). The van der Waals surface area contributed by atoms with Gasteiger partial charge in [-0.05, 0) is 69.5 Å². The van der Waals surface area contributed by atoms with E-state index in [0.717, 1.165) is 54.2 Å². The molecule has 1 saturated heterocycles. The summed E-state index contributed by atoms with van der Waals surface area (Å²) in [7, 11) is 0. The van der Waals surface area contributed by atoms with Crippen LogP contribution in [-0.4, -0.2) is 65.4 Å². The number of benzene rings is 2. The number of carbonyl (C=O) groups excluding carboxylic acids is 3. The smallest absolute Gasteiger partial charge is 0.444 e. The van der Waals surface area contributed by atoms with Crippen LogP contribution in [0.3, 0.4) is 0 Å². The van der Waals surface area contributed by atoms with Crippen molar-refractivity contribution in [2.75, 3.05) is 25.0 Å². The molecule has 0 spiro atoms. The van der Waals surface area contributed by atoms with Gasteiger partial charge in [-0.25, -0.2) is 4.79 Å². The van der Waals surface area contributed by atoms with E-state index < -0.39 is 42.2 Å². The Kier molecular flexibility index (Phi) is 9.00. The second-order valence-corrected chi connectivity index (χ2v) is 11.2. The minimum Gasteiger partial charge on any atom is -0.444 e. The normalized spacial score (nSPS) is 15.8. The van der Waals surface area contributed by atoms with Crippen molar-refractivity contribution in [3.05, 3.63) is 59.3 Å². The maximum atomic E-state index is 12.9. The molecule has 4 rings (SSSR count). The summed E-state index contributed by atoms with van der Waals surface area (Å²) in [5, 5.41) is 8.80. The zero-order chi connectivity index (χ0) is 30.7. The molecule has 1 unspecified atom stereocenters. The number of aromatic nitrogens is 1. The number of hydrogen-bond donors (Lipinski definition) is 4. The number of likely N-dealkylation sites (tertiary alicyclic amines) is 1. The second-order valence-electron chi connectivity index (χ2n) is 11.2. The summed E-state index contributed by atoms with van der Waals surface area (Å²) in [6.07, 6.45) is -3.18. The summed E-state index contributed by atoms with van der Waals surface area (Å²) in [5.74, 6) is -2.00. The number of halogens is 3. The van der Waals surface area contributed by atoms with Gasteiger partial charge in [0.25, 0.3) is 5.91 Å². The van der Waals surface area contributed by atoms with Crippen LogP contribution >= 0.6 is 0 Å². The molecular weight excluding hydrogens is 555 g/mol. The van der Waals surface area contributed by atoms with Gasteiger partial charge >= 0.3 is 12.5 Å². The van der Waals surface area contributed by atoms with Crippen LogP contribution in [0.25, 0.3) is 10.9 Å². The maximum absolute atomic E-state index is 12.9. The zero-order valence-electron chi connectivity index (χ0n) is 23.8. The first-order valence-electron chi connectivity index (χ1n) is 13.4. The summed E-state index contributed by atoms with van der Waals surface area (Å²) in [4.78, 5) is 43.3. The van der Waals surface area contributed by atoms with Crippen molar-refractivity contribution in [2.24, 2.45) is 0 Å². The average molecular weight is 590 g/mol. The number of rotatable bonds is 8. The quantitative estimate of drug-likeness (QED) is 0.298. The Hall–Kier alpha value is -4.26. The van der Waals surface area contributed by atoms with Gasteiger partial charge in [0.1, 0.15) is 11.4 Å². The fourth-order valence-electron chi connectivity index (χ4n) is 4.73. The predicted octanol–water partition coefficient (Wildman–Crippen LogP) is 4.84. The van der Waals surface area contributed by atoms with Gasteiger partial charge in [0.2, 0.25) is 5.91 Å². The monoisotopic (exact) mass is 589 g/mol. The molecule has 226 valence electrons. The molecular formula is C29H34F3N5O5. The van der Waals surface area contributed by atoms with E-state index in [1.807, 2.05) is 13.1 Å². The fraction of sp³-hybridized carbons (Fsp3) is 0.414. The number of carbonyl (C=O) groups is 3. The molecule has 4 N–H and O–H groups in total. The molecule has 1 aromatic heterocycles. The van der Waals surface area contributed by atoms with Gasteiger partial charge in [0, 0.05) is 42.8 Å². The van der Waals surface area contributed by atoms with Gasteiger partial charge in [0.15, 0.2) is 0 Å². The van der Waals surface area contributed by atoms with Crippen LogP contribution in [-0.2, 0) is 16.1 Å². The number of hydrogen-bond acceptors (Lipinski definition) is 6. The molecule has 0 aliphatic carbocycles. The van der Waals surface area contributed by atoms with Crippen molar-refractivity contribution in [1.82, 2.24) is 20.5 Å². The summed E-state index contributed by atoms with van der Waals surface area (Å²) < 4.78 is 47.4. The summed E-state index contributed by atoms with van der Waals surface area (Å²) in [6.45, 7) is 8.63. The molecule has 13 heteroatoms. The molecule has 3 amide bonds. The lowest BCUT2D eigenvalue weighted by Crippen LogP contribution is -2.43. The first-order chi connectivity index (χ1) is 19.6. The largest absolute Gasteiger partial charge is 0.573 e. The highest BCUT2D eigenvalue weighted by Crippen LogP contribution is 2.28. The number of ether oxygens (including phenoxy) is 2. The van der Waals surface area contributed by atoms with Crippen molar-refractivity contribution in [2.45, 2.75) is 58.7 Å². The number of amides is 3. The topological polar surface area (TPSA) is 125 Å². The van der Waals surface area contributed by atoms with Gasteiger partial charge in [-0.3, -0.25) is 19.8 Å². The van der Waals surface area contributed by atoms with Gasteiger partial charge in [-0.2, -0.15) is 0 Å². The molecule has 42 heavy (non-hydrogen) atoms. The number of fused-ring (bicyclic) bond motifs is 1. The van der Waals surface area contributed by atoms with Crippen LogP contribution in [0.2, 0.25) is 0 Å². The highest BCUT2D eigenvalue weighted by Gasteiger charge is 2.32. The molecule has 2 aromatic carbocycles. The van der Waals surface area contributed by atoms with Gasteiger partial charge in [-0.1, -0.05) is 12.1 Å². The summed E-state index contributed by atoms with van der Waals surface area (Å²) >= 11 is 0. The fourth-order valence-corrected chi connectivity index (χ4v) is 4.73. The molecule has 2 heterocycles. The number of alkyl halides is 3. The van der Waals surface area contributed by atoms with Crippen molar-refractivity contribution in [3.63, 3.8) is 0 Å². The number of nitrogens with zero attached hydrogens (tertiary/aromatic N) is 1. The lowest BCUT2D eigenvalue weighted by Gasteiger charge is -2.21. The van der Waals surface area contributed by atoms with Crippen molar-refractivity contribution in [3.8, 4) is 5.75 Å². The van der Waals surface area contributed by atoms with Crippen LogP contribution in [0.4, 0.5) is 23.7 Å². The van der Waals surface area contributed by atoms with Gasteiger partial charge < -0.3 is 25.1 Å². The van der Waals surface area contributed by atoms with Crippen LogP contribution in [0.5, 0.6) is 5.75 Å². The molecule has 1 aliphatic heterocycles. The van der Waals surface area contributed by atoms with E-state index in [-0.39, 0.29) is 17.3 Å². The molecule has 1 aliphatic rings. The van der Waals surface area contributed by atoms with E-state index >= 15 is 0 Å². The van der Waals surface area contributed by atoms with E-state index in [1.165, 1.54) is 5.56 Å². The van der Waals surface area contributed by atoms with Crippen molar-refractivity contribution >= 4 is 34.5 Å². The van der Waals surface area contributed by atoms with Gasteiger partial charge in [-0.15, -0.1) is 13.2 Å². The third-order valence-corrected chi connectivity index (χ3v) is 6.47. The number of H-pyrrole nitrogens is 1. The Bertz CT molecular complexity index is 1460. The highest BCUT2D eigenvalue weighted by atomic mass is 19.4. The average Bonchev–Trinajstić information content (AvgIpc) is 3.47. The van der Waals surface area contributed by atoms with E-state index in [2.05, 4.69) is 48.8 Å². The Morgan fingerprint density at radius 2 is 1.86 bits per heavy atom. The Morgan fingerprint density at radius 1 is 1.10 bits per heavy atom. The minimum atomic E-state index is -4.99. The second kappa shape index (κ2) is 12.3.